The van der Waals surface area contributed by atoms with Gasteiger partial charge in [-0.1, -0.05) is 19.3 Å². The molecule has 0 heterocycles. The molecule has 0 saturated heterocycles. The smallest absolute Gasteiger partial charge is 0.453 e. The Kier molecular flexibility index (Phi) is 3.69. The SMILES string of the molecule is O=C(O)C1(CC(F)(F)C(F)(F)F)CCCCC1. The second-order valence-corrected chi connectivity index (χ2v) is 4.53. The number of carbonyl (C=O) groups is 1. The van der Waals surface area contributed by atoms with E-state index >= 15 is 0 Å². The lowest BCUT2D eigenvalue weighted by Crippen LogP contribution is -2.45. The number of carboxylic acid groups (broad SMARTS) is 1. The molecule has 1 aliphatic carbocycles. The van der Waals surface area contributed by atoms with Crippen molar-refractivity contribution in [1.29, 1.82) is 0 Å². The van der Waals surface area contributed by atoms with Crippen molar-refractivity contribution in [3.05, 3.63) is 0 Å². The van der Waals surface area contributed by atoms with Gasteiger partial charge in [-0.3, -0.25) is 4.79 Å². The van der Waals surface area contributed by atoms with Crippen LogP contribution in [-0.4, -0.2) is 23.2 Å². The van der Waals surface area contributed by atoms with Crippen molar-refractivity contribution in [2.75, 3.05) is 0 Å². The van der Waals surface area contributed by atoms with Crippen LogP contribution in [0.25, 0.3) is 0 Å². The third kappa shape index (κ3) is 2.87. The Morgan fingerprint density at radius 2 is 1.53 bits per heavy atom. The average molecular weight is 260 g/mol. The van der Waals surface area contributed by atoms with Gasteiger partial charge < -0.3 is 5.11 Å². The minimum atomic E-state index is -5.69. The van der Waals surface area contributed by atoms with E-state index in [2.05, 4.69) is 0 Å². The van der Waals surface area contributed by atoms with E-state index in [0.29, 0.717) is 19.3 Å². The van der Waals surface area contributed by atoms with Gasteiger partial charge in [0.05, 0.1) is 5.41 Å². The van der Waals surface area contributed by atoms with Gasteiger partial charge in [0.25, 0.3) is 0 Å². The first-order valence-electron chi connectivity index (χ1n) is 5.29. The van der Waals surface area contributed by atoms with E-state index in [0.717, 1.165) is 0 Å². The Morgan fingerprint density at radius 1 is 1.06 bits per heavy atom. The van der Waals surface area contributed by atoms with Gasteiger partial charge in [0.15, 0.2) is 0 Å². The first-order chi connectivity index (χ1) is 7.61. The van der Waals surface area contributed by atoms with Gasteiger partial charge in [0.1, 0.15) is 0 Å². The molecule has 0 aliphatic heterocycles. The summed E-state index contributed by atoms with van der Waals surface area (Å²) in [5.74, 6) is -6.50. The Balaban J connectivity index is 2.91. The third-order valence-corrected chi connectivity index (χ3v) is 3.24. The number of hydrogen-bond acceptors (Lipinski definition) is 1. The van der Waals surface area contributed by atoms with Crippen molar-refractivity contribution in [2.45, 2.75) is 50.6 Å². The molecule has 0 aromatic carbocycles. The van der Waals surface area contributed by atoms with Crippen LogP contribution in [0.5, 0.6) is 0 Å². The van der Waals surface area contributed by atoms with Gasteiger partial charge in [-0.2, -0.15) is 22.0 Å². The number of alkyl halides is 5. The van der Waals surface area contributed by atoms with E-state index in [1.54, 1.807) is 0 Å². The molecule has 0 aromatic heterocycles. The molecule has 1 saturated carbocycles. The van der Waals surface area contributed by atoms with Crippen molar-refractivity contribution in [3.8, 4) is 0 Å². The van der Waals surface area contributed by atoms with Crippen molar-refractivity contribution < 1.29 is 31.9 Å². The highest BCUT2D eigenvalue weighted by Gasteiger charge is 2.62. The van der Waals surface area contributed by atoms with Crippen LogP contribution in [-0.2, 0) is 4.79 Å². The van der Waals surface area contributed by atoms with E-state index in [1.165, 1.54) is 0 Å². The van der Waals surface area contributed by atoms with E-state index in [-0.39, 0.29) is 12.8 Å². The van der Waals surface area contributed by atoms with Gasteiger partial charge in [-0.05, 0) is 12.8 Å². The van der Waals surface area contributed by atoms with Crippen molar-refractivity contribution in [2.24, 2.45) is 5.41 Å². The minimum Gasteiger partial charge on any atom is -0.481 e. The Labute approximate surface area is 94.8 Å². The van der Waals surface area contributed by atoms with E-state index in [1.807, 2.05) is 0 Å². The number of rotatable bonds is 3. The van der Waals surface area contributed by atoms with E-state index in [4.69, 9.17) is 5.11 Å². The fraction of sp³-hybridized carbons (Fsp3) is 0.900. The number of hydrogen-bond donors (Lipinski definition) is 1. The zero-order valence-corrected chi connectivity index (χ0v) is 8.99. The number of carboxylic acids is 1. The van der Waals surface area contributed by atoms with Crippen LogP contribution in [0.4, 0.5) is 22.0 Å². The summed E-state index contributed by atoms with van der Waals surface area (Å²) in [7, 11) is 0. The summed E-state index contributed by atoms with van der Waals surface area (Å²) in [6, 6.07) is 0. The highest BCUT2D eigenvalue weighted by Crippen LogP contribution is 2.49. The van der Waals surface area contributed by atoms with Crippen LogP contribution >= 0.6 is 0 Å². The van der Waals surface area contributed by atoms with Gasteiger partial charge in [0.2, 0.25) is 0 Å². The fourth-order valence-electron chi connectivity index (χ4n) is 2.22. The summed E-state index contributed by atoms with van der Waals surface area (Å²) in [6.07, 6.45) is -6.15. The fourth-order valence-corrected chi connectivity index (χ4v) is 2.22. The molecule has 0 unspecified atom stereocenters. The van der Waals surface area contributed by atoms with Gasteiger partial charge in [-0.15, -0.1) is 0 Å². The lowest BCUT2D eigenvalue weighted by molar-refractivity contribution is -0.293. The molecule has 0 aromatic rings. The minimum absolute atomic E-state index is 0.117. The van der Waals surface area contributed by atoms with Crippen molar-refractivity contribution in [3.63, 3.8) is 0 Å². The standard InChI is InChI=1S/C10H13F5O2/c11-9(12,10(13,14)15)6-8(7(16)17)4-2-1-3-5-8/h1-6H2,(H,16,17). The molecule has 0 spiro atoms. The molecule has 17 heavy (non-hydrogen) atoms. The molecular weight excluding hydrogens is 247 g/mol. The van der Waals surface area contributed by atoms with Gasteiger partial charge >= 0.3 is 18.1 Å². The van der Waals surface area contributed by atoms with E-state index in [9.17, 15) is 26.7 Å². The predicted molar refractivity (Wildman–Crippen MR) is 48.8 cm³/mol. The number of halogens is 5. The maximum atomic E-state index is 12.9. The summed E-state index contributed by atoms with van der Waals surface area (Å²) in [4.78, 5) is 11.0. The topological polar surface area (TPSA) is 37.3 Å². The largest absolute Gasteiger partial charge is 0.481 e. The van der Waals surface area contributed by atoms with Crippen LogP contribution in [0, 0.1) is 5.41 Å². The van der Waals surface area contributed by atoms with Crippen LogP contribution in [0.1, 0.15) is 38.5 Å². The summed E-state index contributed by atoms with van der Waals surface area (Å²) in [6.45, 7) is 0. The molecular formula is C10H13F5O2. The normalized spacial score (nSPS) is 21.2. The lowest BCUT2D eigenvalue weighted by atomic mass is 9.70. The van der Waals surface area contributed by atoms with Crippen LogP contribution in [0.2, 0.25) is 0 Å². The zero-order chi connectivity index (χ0) is 13.3. The Bertz CT molecular complexity index is 292. The molecule has 0 radical (unpaired) electrons. The maximum absolute atomic E-state index is 12.9. The molecule has 0 atom stereocenters. The summed E-state index contributed by atoms with van der Waals surface area (Å²) in [5, 5.41) is 8.92. The molecule has 1 rings (SSSR count). The van der Waals surface area contributed by atoms with Crippen LogP contribution < -0.4 is 0 Å². The van der Waals surface area contributed by atoms with Crippen LogP contribution in [0.3, 0.4) is 0 Å². The predicted octanol–water partition coefficient (Wildman–Crippen LogP) is 3.61. The summed E-state index contributed by atoms with van der Waals surface area (Å²) in [5.41, 5.74) is -1.93. The molecule has 0 bridgehead atoms. The highest BCUT2D eigenvalue weighted by atomic mass is 19.4. The van der Waals surface area contributed by atoms with Crippen LogP contribution in [0.15, 0.2) is 0 Å². The van der Waals surface area contributed by atoms with Gasteiger partial charge in [-0.25, -0.2) is 0 Å². The van der Waals surface area contributed by atoms with E-state index < -0.39 is 29.9 Å². The summed E-state index contributed by atoms with van der Waals surface area (Å²) >= 11 is 0. The Hall–Kier alpha value is -0.880. The molecule has 0 amide bonds. The molecule has 100 valence electrons. The molecule has 1 fully saturated rings. The summed E-state index contributed by atoms with van der Waals surface area (Å²) < 4.78 is 62.1. The number of aliphatic carboxylic acids is 1. The van der Waals surface area contributed by atoms with Gasteiger partial charge in [0, 0.05) is 6.42 Å². The first-order valence-corrected chi connectivity index (χ1v) is 5.29. The maximum Gasteiger partial charge on any atom is 0.453 e. The molecule has 2 nitrogen and oxygen atoms in total. The monoisotopic (exact) mass is 260 g/mol. The van der Waals surface area contributed by atoms with Crippen molar-refractivity contribution in [1.82, 2.24) is 0 Å². The molecule has 7 heteroatoms. The zero-order valence-electron chi connectivity index (χ0n) is 8.99. The quantitative estimate of drug-likeness (QED) is 0.787. The second kappa shape index (κ2) is 4.42. The second-order valence-electron chi connectivity index (χ2n) is 4.53. The Morgan fingerprint density at radius 3 is 1.88 bits per heavy atom. The van der Waals surface area contributed by atoms with Crippen molar-refractivity contribution >= 4 is 5.97 Å². The molecule has 1 N–H and O–H groups in total. The average Bonchev–Trinajstić information content (AvgIpc) is 2.16. The molecule has 1 aliphatic rings. The first kappa shape index (κ1) is 14.2. The highest BCUT2D eigenvalue weighted by molar-refractivity contribution is 5.74. The third-order valence-electron chi connectivity index (χ3n) is 3.24. The lowest BCUT2D eigenvalue weighted by Gasteiger charge is -2.36.